The minimum atomic E-state index is 0.727. The lowest BCUT2D eigenvalue weighted by molar-refractivity contribution is 0.917. The molecule has 0 amide bonds. The molecule has 2 rings (SSSR count). The second kappa shape index (κ2) is 2.98. The van der Waals surface area contributed by atoms with Crippen LogP contribution in [-0.4, -0.2) is 13.1 Å². The monoisotopic (exact) mass is 181 g/mol. The molecule has 0 N–H and O–H groups in total. The van der Waals surface area contributed by atoms with Gasteiger partial charge in [-0.15, -0.1) is 0 Å². The summed E-state index contributed by atoms with van der Waals surface area (Å²) in [4.78, 5) is 2.27. The van der Waals surface area contributed by atoms with Crippen LogP contribution in [0, 0.1) is 0 Å². The van der Waals surface area contributed by atoms with Gasteiger partial charge in [-0.3, -0.25) is 0 Å². The molecule has 0 bridgehead atoms. The Balaban J connectivity index is 2.25. The fraction of sp³-hybridized carbons (Fsp3) is 0.400. The highest BCUT2D eigenvalue weighted by atomic mass is 35.5. The van der Waals surface area contributed by atoms with Crippen LogP contribution >= 0.6 is 11.6 Å². The van der Waals surface area contributed by atoms with Crippen LogP contribution in [0.2, 0.25) is 5.02 Å². The standard InChI is InChI=1S/C10H12ClN/c1-12(8-6-7-8)10-5-3-2-4-9(10)11/h2-5,8H,6-7H2,1H3. The Bertz CT molecular complexity index is 281. The summed E-state index contributed by atoms with van der Waals surface area (Å²) in [5.74, 6) is 0. The largest absolute Gasteiger partial charge is 0.370 e. The summed E-state index contributed by atoms with van der Waals surface area (Å²) >= 11 is 6.05. The highest BCUT2D eigenvalue weighted by Gasteiger charge is 2.27. The third kappa shape index (κ3) is 1.42. The van der Waals surface area contributed by atoms with Crippen molar-refractivity contribution in [3.8, 4) is 0 Å². The van der Waals surface area contributed by atoms with Gasteiger partial charge in [0, 0.05) is 13.1 Å². The highest BCUT2D eigenvalue weighted by molar-refractivity contribution is 6.33. The Hall–Kier alpha value is -0.690. The van der Waals surface area contributed by atoms with E-state index in [-0.39, 0.29) is 0 Å². The van der Waals surface area contributed by atoms with Crippen LogP contribution in [0.25, 0.3) is 0 Å². The van der Waals surface area contributed by atoms with Gasteiger partial charge >= 0.3 is 0 Å². The predicted octanol–water partition coefficient (Wildman–Crippen LogP) is 2.94. The summed E-state index contributed by atoms with van der Waals surface area (Å²) in [5, 5.41) is 0.854. The predicted molar refractivity (Wildman–Crippen MR) is 52.9 cm³/mol. The molecule has 12 heavy (non-hydrogen) atoms. The molecule has 0 radical (unpaired) electrons. The molecular weight excluding hydrogens is 170 g/mol. The van der Waals surface area contributed by atoms with E-state index in [1.807, 2.05) is 18.2 Å². The van der Waals surface area contributed by atoms with Gasteiger partial charge in [-0.1, -0.05) is 23.7 Å². The second-order valence-corrected chi connectivity index (χ2v) is 3.70. The molecule has 0 heterocycles. The number of benzene rings is 1. The number of rotatable bonds is 2. The van der Waals surface area contributed by atoms with Crippen molar-refractivity contribution in [2.75, 3.05) is 11.9 Å². The van der Waals surface area contributed by atoms with Crippen LogP contribution < -0.4 is 4.90 Å². The average Bonchev–Trinajstić information content (AvgIpc) is 2.86. The maximum absolute atomic E-state index is 6.05. The molecule has 0 atom stereocenters. The van der Waals surface area contributed by atoms with Gasteiger partial charge in [-0.25, -0.2) is 0 Å². The van der Waals surface area contributed by atoms with Crippen molar-refractivity contribution in [2.24, 2.45) is 0 Å². The van der Waals surface area contributed by atoms with Crippen LogP contribution in [0.15, 0.2) is 24.3 Å². The lowest BCUT2D eigenvalue weighted by Gasteiger charge is -2.19. The van der Waals surface area contributed by atoms with Crippen molar-refractivity contribution in [3.05, 3.63) is 29.3 Å². The molecule has 1 aromatic carbocycles. The summed E-state index contributed by atoms with van der Waals surface area (Å²) in [6.07, 6.45) is 2.61. The van der Waals surface area contributed by atoms with Gasteiger partial charge in [0.25, 0.3) is 0 Å². The van der Waals surface area contributed by atoms with E-state index < -0.39 is 0 Å². The first-order chi connectivity index (χ1) is 5.79. The van der Waals surface area contributed by atoms with Crippen LogP contribution in [0.5, 0.6) is 0 Å². The molecule has 0 unspecified atom stereocenters. The molecule has 0 spiro atoms. The van der Waals surface area contributed by atoms with E-state index in [0.717, 1.165) is 16.8 Å². The third-order valence-corrected chi connectivity index (χ3v) is 2.65. The molecule has 1 nitrogen and oxygen atoms in total. The molecule has 2 heteroatoms. The number of halogens is 1. The highest BCUT2D eigenvalue weighted by Crippen LogP contribution is 2.33. The SMILES string of the molecule is CN(c1ccccc1Cl)C1CC1. The Morgan fingerprint density at radius 3 is 2.58 bits per heavy atom. The van der Waals surface area contributed by atoms with Gasteiger partial charge in [0.1, 0.15) is 0 Å². The van der Waals surface area contributed by atoms with E-state index in [0.29, 0.717) is 0 Å². The normalized spacial score (nSPS) is 16.2. The lowest BCUT2D eigenvalue weighted by atomic mass is 10.3. The maximum Gasteiger partial charge on any atom is 0.0639 e. The van der Waals surface area contributed by atoms with Crippen molar-refractivity contribution >= 4 is 17.3 Å². The van der Waals surface area contributed by atoms with Crippen molar-refractivity contribution in [1.82, 2.24) is 0 Å². The number of nitrogens with zero attached hydrogens (tertiary/aromatic N) is 1. The molecule has 0 aromatic heterocycles. The van der Waals surface area contributed by atoms with Crippen LogP contribution in [0.1, 0.15) is 12.8 Å². The zero-order valence-corrected chi connectivity index (χ0v) is 7.88. The summed E-state index contributed by atoms with van der Waals surface area (Å²) < 4.78 is 0. The number of anilines is 1. The number of para-hydroxylation sites is 1. The molecule has 64 valence electrons. The topological polar surface area (TPSA) is 3.24 Å². The minimum absolute atomic E-state index is 0.727. The van der Waals surface area contributed by atoms with Gasteiger partial charge in [0.05, 0.1) is 10.7 Å². The van der Waals surface area contributed by atoms with Crippen molar-refractivity contribution in [1.29, 1.82) is 0 Å². The van der Waals surface area contributed by atoms with Gasteiger partial charge in [-0.05, 0) is 25.0 Å². The van der Waals surface area contributed by atoms with E-state index in [2.05, 4.69) is 18.0 Å². The van der Waals surface area contributed by atoms with Gasteiger partial charge in [0.2, 0.25) is 0 Å². The number of hydrogen-bond donors (Lipinski definition) is 0. The Kier molecular flexibility index (Phi) is 1.97. The zero-order valence-electron chi connectivity index (χ0n) is 7.13. The third-order valence-electron chi connectivity index (χ3n) is 2.33. The van der Waals surface area contributed by atoms with Crippen LogP contribution in [-0.2, 0) is 0 Å². The quantitative estimate of drug-likeness (QED) is 0.678. The zero-order chi connectivity index (χ0) is 8.55. The molecule has 1 aromatic rings. The van der Waals surface area contributed by atoms with E-state index in [4.69, 9.17) is 11.6 Å². The van der Waals surface area contributed by atoms with Crippen molar-refractivity contribution in [3.63, 3.8) is 0 Å². The number of hydrogen-bond acceptors (Lipinski definition) is 1. The molecule has 0 saturated heterocycles. The first kappa shape index (κ1) is 7.93. The smallest absolute Gasteiger partial charge is 0.0639 e. The molecule has 1 aliphatic carbocycles. The van der Waals surface area contributed by atoms with Crippen molar-refractivity contribution < 1.29 is 0 Å². The van der Waals surface area contributed by atoms with Crippen LogP contribution in [0.3, 0.4) is 0 Å². The van der Waals surface area contributed by atoms with Crippen LogP contribution in [0.4, 0.5) is 5.69 Å². The molecule has 0 aliphatic heterocycles. The summed E-state index contributed by atoms with van der Waals surface area (Å²) in [6, 6.07) is 8.73. The summed E-state index contributed by atoms with van der Waals surface area (Å²) in [5.41, 5.74) is 1.15. The van der Waals surface area contributed by atoms with Gasteiger partial charge in [-0.2, -0.15) is 0 Å². The molecule has 1 saturated carbocycles. The van der Waals surface area contributed by atoms with Gasteiger partial charge < -0.3 is 4.90 Å². The van der Waals surface area contributed by atoms with E-state index in [1.165, 1.54) is 12.8 Å². The minimum Gasteiger partial charge on any atom is -0.370 e. The lowest BCUT2D eigenvalue weighted by Crippen LogP contribution is -2.19. The average molecular weight is 182 g/mol. The van der Waals surface area contributed by atoms with E-state index >= 15 is 0 Å². The molecular formula is C10H12ClN. The summed E-state index contributed by atoms with van der Waals surface area (Å²) in [6.45, 7) is 0. The first-order valence-corrected chi connectivity index (χ1v) is 4.64. The molecule has 1 fully saturated rings. The second-order valence-electron chi connectivity index (χ2n) is 3.29. The fourth-order valence-corrected chi connectivity index (χ4v) is 1.67. The Labute approximate surface area is 77.9 Å². The first-order valence-electron chi connectivity index (χ1n) is 4.26. The maximum atomic E-state index is 6.05. The van der Waals surface area contributed by atoms with E-state index in [9.17, 15) is 0 Å². The molecule has 1 aliphatic rings. The Morgan fingerprint density at radius 1 is 1.33 bits per heavy atom. The fourth-order valence-electron chi connectivity index (χ4n) is 1.40. The van der Waals surface area contributed by atoms with Gasteiger partial charge in [0.15, 0.2) is 0 Å². The van der Waals surface area contributed by atoms with E-state index in [1.54, 1.807) is 0 Å². The van der Waals surface area contributed by atoms with Crippen molar-refractivity contribution in [2.45, 2.75) is 18.9 Å². The Morgan fingerprint density at radius 2 is 2.00 bits per heavy atom. The summed E-state index contributed by atoms with van der Waals surface area (Å²) in [7, 11) is 2.11.